The quantitative estimate of drug-likeness (QED) is 0.755. The van der Waals surface area contributed by atoms with E-state index in [1.807, 2.05) is 0 Å². The van der Waals surface area contributed by atoms with Gasteiger partial charge in [0.15, 0.2) is 0 Å². The van der Waals surface area contributed by atoms with Gasteiger partial charge in [-0.2, -0.15) is 13.2 Å². The van der Waals surface area contributed by atoms with Crippen LogP contribution in [0.1, 0.15) is 51.4 Å². The monoisotopic (exact) mass is 224 g/mol. The Bertz CT molecular complexity index is 173. The molecule has 1 aliphatic carbocycles. The third kappa shape index (κ3) is 6.03. The average molecular weight is 224 g/mol. The predicted octanol–water partition coefficient (Wildman–Crippen LogP) is 3.66. The van der Waals surface area contributed by atoms with Gasteiger partial charge in [-0.3, -0.25) is 0 Å². The molecule has 90 valence electrons. The molecule has 0 aromatic heterocycles. The summed E-state index contributed by atoms with van der Waals surface area (Å²) >= 11 is 0. The largest absolute Gasteiger partial charge is 0.393 e. The summed E-state index contributed by atoms with van der Waals surface area (Å²) in [6, 6.07) is 0. The van der Waals surface area contributed by atoms with Crippen LogP contribution in [0.4, 0.5) is 13.2 Å². The minimum atomic E-state index is -4.13. The summed E-state index contributed by atoms with van der Waals surface area (Å²) in [7, 11) is 0. The van der Waals surface area contributed by atoms with E-state index in [0.717, 1.165) is 6.42 Å². The van der Waals surface area contributed by atoms with Crippen LogP contribution < -0.4 is 0 Å². The van der Waals surface area contributed by atoms with Crippen LogP contribution >= 0.6 is 0 Å². The van der Waals surface area contributed by atoms with Gasteiger partial charge < -0.3 is 5.11 Å². The van der Waals surface area contributed by atoms with Crippen molar-refractivity contribution in [3.05, 3.63) is 0 Å². The van der Waals surface area contributed by atoms with Gasteiger partial charge >= 0.3 is 6.18 Å². The molecule has 15 heavy (non-hydrogen) atoms. The molecule has 1 atom stereocenters. The summed E-state index contributed by atoms with van der Waals surface area (Å²) in [5.74, 6) is 0.644. The van der Waals surface area contributed by atoms with Crippen LogP contribution in [-0.2, 0) is 0 Å². The van der Waals surface area contributed by atoms with Gasteiger partial charge in [0.05, 0.1) is 6.10 Å². The molecule has 1 rings (SSSR count). The minimum Gasteiger partial charge on any atom is -0.393 e. The van der Waals surface area contributed by atoms with E-state index in [1.54, 1.807) is 0 Å². The van der Waals surface area contributed by atoms with Crippen LogP contribution in [0.3, 0.4) is 0 Å². The lowest BCUT2D eigenvalue weighted by Gasteiger charge is -2.14. The first-order valence-electron chi connectivity index (χ1n) is 5.72. The molecule has 0 spiro atoms. The van der Waals surface area contributed by atoms with Crippen molar-refractivity contribution in [3.8, 4) is 0 Å². The Hall–Kier alpha value is -0.250. The topological polar surface area (TPSA) is 20.2 Å². The SMILES string of the molecule is OC(CCC1CCCC1)CCC(F)(F)F. The Morgan fingerprint density at radius 2 is 1.73 bits per heavy atom. The Labute approximate surface area is 88.7 Å². The first kappa shape index (κ1) is 12.8. The van der Waals surface area contributed by atoms with E-state index < -0.39 is 18.7 Å². The molecule has 4 heteroatoms. The van der Waals surface area contributed by atoms with Gasteiger partial charge in [-0.25, -0.2) is 0 Å². The average Bonchev–Trinajstić information content (AvgIpc) is 2.62. The molecule has 0 saturated heterocycles. The molecule has 1 nitrogen and oxygen atoms in total. The molecule has 0 heterocycles. The number of aliphatic hydroxyl groups is 1. The summed E-state index contributed by atoms with van der Waals surface area (Å²) in [4.78, 5) is 0. The van der Waals surface area contributed by atoms with E-state index in [1.165, 1.54) is 25.7 Å². The lowest BCUT2D eigenvalue weighted by molar-refractivity contribution is -0.140. The van der Waals surface area contributed by atoms with Crippen molar-refractivity contribution in [3.63, 3.8) is 0 Å². The highest BCUT2D eigenvalue weighted by molar-refractivity contribution is 4.69. The van der Waals surface area contributed by atoms with Crippen molar-refractivity contribution >= 4 is 0 Å². The van der Waals surface area contributed by atoms with Crippen LogP contribution in [0.5, 0.6) is 0 Å². The van der Waals surface area contributed by atoms with Crippen LogP contribution in [0.25, 0.3) is 0 Å². The molecule has 0 radical (unpaired) electrons. The van der Waals surface area contributed by atoms with Gasteiger partial charge in [0.2, 0.25) is 0 Å². The summed E-state index contributed by atoms with van der Waals surface area (Å²) in [6.45, 7) is 0. The van der Waals surface area contributed by atoms with Crippen molar-refractivity contribution in [2.75, 3.05) is 0 Å². The van der Waals surface area contributed by atoms with Gasteiger partial charge in [0.25, 0.3) is 0 Å². The first-order valence-corrected chi connectivity index (χ1v) is 5.72. The van der Waals surface area contributed by atoms with E-state index in [4.69, 9.17) is 0 Å². The molecular weight excluding hydrogens is 205 g/mol. The van der Waals surface area contributed by atoms with Crippen LogP contribution in [0.2, 0.25) is 0 Å². The molecule has 1 saturated carbocycles. The molecule has 1 aliphatic rings. The zero-order valence-corrected chi connectivity index (χ0v) is 8.89. The molecule has 0 amide bonds. The zero-order valence-electron chi connectivity index (χ0n) is 8.89. The van der Waals surface area contributed by atoms with Gasteiger partial charge in [-0.05, 0) is 25.2 Å². The molecule has 1 fully saturated rings. The van der Waals surface area contributed by atoms with Gasteiger partial charge in [0.1, 0.15) is 0 Å². The fourth-order valence-electron chi connectivity index (χ4n) is 2.20. The standard InChI is InChI=1S/C11H19F3O/c12-11(13,14)8-7-10(15)6-5-9-3-1-2-4-9/h9-10,15H,1-8H2. The second-order valence-electron chi connectivity index (χ2n) is 4.54. The normalized spacial score (nSPS) is 20.8. The summed E-state index contributed by atoms with van der Waals surface area (Å²) in [5.41, 5.74) is 0. The number of halogens is 3. The smallest absolute Gasteiger partial charge is 0.389 e. The molecule has 0 aromatic carbocycles. The van der Waals surface area contributed by atoms with Crippen LogP contribution in [0.15, 0.2) is 0 Å². The molecule has 0 aliphatic heterocycles. The minimum absolute atomic E-state index is 0.143. The van der Waals surface area contributed by atoms with Crippen LogP contribution in [0, 0.1) is 5.92 Å². The summed E-state index contributed by atoms with van der Waals surface area (Å²) < 4.78 is 35.5. The maximum atomic E-state index is 11.8. The molecule has 1 N–H and O–H groups in total. The van der Waals surface area contributed by atoms with E-state index in [-0.39, 0.29) is 6.42 Å². The van der Waals surface area contributed by atoms with Crippen molar-refractivity contribution in [2.45, 2.75) is 63.6 Å². The van der Waals surface area contributed by atoms with Gasteiger partial charge in [0, 0.05) is 6.42 Å². The second-order valence-corrected chi connectivity index (χ2v) is 4.54. The third-order valence-corrected chi connectivity index (χ3v) is 3.14. The number of rotatable bonds is 5. The maximum absolute atomic E-state index is 11.8. The molecule has 0 bridgehead atoms. The Balaban J connectivity index is 2.05. The highest BCUT2D eigenvalue weighted by Gasteiger charge is 2.28. The number of alkyl halides is 3. The number of aliphatic hydroxyl groups excluding tert-OH is 1. The summed E-state index contributed by atoms with van der Waals surface area (Å²) in [5, 5.41) is 9.37. The molecule has 1 unspecified atom stereocenters. The van der Waals surface area contributed by atoms with Crippen LogP contribution in [-0.4, -0.2) is 17.4 Å². The summed E-state index contributed by atoms with van der Waals surface area (Å²) in [6.07, 6.45) is 0.362. The number of hydrogen-bond acceptors (Lipinski definition) is 1. The Morgan fingerprint density at radius 1 is 1.13 bits per heavy atom. The lowest BCUT2D eigenvalue weighted by atomic mass is 9.98. The Kier molecular flexibility index (Phi) is 4.90. The lowest BCUT2D eigenvalue weighted by Crippen LogP contribution is -2.15. The highest BCUT2D eigenvalue weighted by atomic mass is 19.4. The van der Waals surface area contributed by atoms with Crippen molar-refractivity contribution in [1.82, 2.24) is 0 Å². The molecule has 0 aromatic rings. The second kappa shape index (κ2) is 5.73. The van der Waals surface area contributed by atoms with Gasteiger partial charge in [-0.15, -0.1) is 0 Å². The van der Waals surface area contributed by atoms with Crippen molar-refractivity contribution in [2.24, 2.45) is 5.92 Å². The fraction of sp³-hybridized carbons (Fsp3) is 1.00. The van der Waals surface area contributed by atoms with Crippen molar-refractivity contribution in [1.29, 1.82) is 0 Å². The van der Waals surface area contributed by atoms with Crippen molar-refractivity contribution < 1.29 is 18.3 Å². The maximum Gasteiger partial charge on any atom is 0.389 e. The number of hydrogen-bond donors (Lipinski definition) is 1. The van der Waals surface area contributed by atoms with E-state index >= 15 is 0 Å². The first-order chi connectivity index (χ1) is 6.97. The van der Waals surface area contributed by atoms with E-state index in [0.29, 0.717) is 12.3 Å². The third-order valence-electron chi connectivity index (χ3n) is 3.14. The van der Waals surface area contributed by atoms with Gasteiger partial charge in [-0.1, -0.05) is 25.7 Å². The zero-order chi connectivity index (χ0) is 11.3. The predicted molar refractivity (Wildman–Crippen MR) is 52.5 cm³/mol. The fourth-order valence-corrected chi connectivity index (χ4v) is 2.20. The van der Waals surface area contributed by atoms with E-state index in [2.05, 4.69) is 0 Å². The van der Waals surface area contributed by atoms with E-state index in [9.17, 15) is 18.3 Å². The highest BCUT2D eigenvalue weighted by Crippen LogP contribution is 2.30. The Morgan fingerprint density at radius 3 is 2.27 bits per heavy atom. The molecular formula is C11H19F3O.